The lowest BCUT2D eigenvalue weighted by Gasteiger charge is -2.09. The first-order valence-corrected chi connectivity index (χ1v) is 5.89. The van der Waals surface area contributed by atoms with Crippen LogP contribution in [0.15, 0.2) is 36.7 Å². The third kappa shape index (κ3) is 3.03. The van der Waals surface area contributed by atoms with E-state index in [9.17, 15) is 0 Å². The summed E-state index contributed by atoms with van der Waals surface area (Å²) in [7, 11) is 0. The molecule has 0 aliphatic rings. The average Bonchev–Trinajstić information content (AvgIpc) is 2.37. The van der Waals surface area contributed by atoms with Crippen LogP contribution in [0.5, 0.6) is 0 Å². The molecule has 0 atom stereocenters. The first-order valence-electron chi connectivity index (χ1n) is 5.89. The van der Waals surface area contributed by atoms with Crippen molar-refractivity contribution in [1.29, 1.82) is 0 Å². The van der Waals surface area contributed by atoms with Crippen molar-refractivity contribution in [1.82, 2.24) is 9.97 Å². The molecule has 17 heavy (non-hydrogen) atoms. The molecule has 0 spiro atoms. The van der Waals surface area contributed by atoms with Crippen LogP contribution in [-0.4, -0.2) is 9.97 Å². The molecule has 0 amide bonds. The van der Waals surface area contributed by atoms with Crippen molar-refractivity contribution in [2.45, 2.75) is 26.8 Å². The van der Waals surface area contributed by atoms with Crippen molar-refractivity contribution >= 4 is 5.82 Å². The van der Waals surface area contributed by atoms with Crippen molar-refractivity contribution in [3.05, 3.63) is 53.5 Å². The standard InChI is InChI=1S/C14H17N3/c1-3-12-6-4-5-7-13(12)9-15-14-8-11(2)16-10-17-14/h4-8,10H,3,9H2,1-2H3,(H,15,16,17). The van der Waals surface area contributed by atoms with E-state index in [2.05, 4.69) is 46.5 Å². The van der Waals surface area contributed by atoms with E-state index in [0.717, 1.165) is 24.5 Å². The molecule has 0 saturated heterocycles. The van der Waals surface area contributed by atoms with Crippen molar-refractivity contribution in [2.75, 3.05) is 5.32 Å². The minimum Gasteiger partial charge on any atom is -0.366 e. The van der Waals surface area contributed by atoms with Crippen LogP contribution in [0.1, 0.15) is 23.7 Å². The van der Waals surface area contributed by atoms with Gasteiger partial charge >= 0.3 is 0 Å². The highest BCUT2D eigenvalue weighted by atomic mass is 15.0. The second-order valence-electron chi connectivity index (χ2n) is 4.02. The highest BCUT2D eigenvalue weighted by molar-refractivity contribution is 5.37. The molecule has 0 radical (unpaired) electrons. The summed E-state index contributed by atoms with van der Waals surface area (Å²) in [6.07, 6.45) is 2.64. The Morgan fingerprint density at radius 3 is 2.59 bits per heavy atom. The summed E-state index contributed by atoms with van der Waals surface area (Å²) < 4.78 is 0. The van der Waals surface area contributed by atoms with E-state index >= 15 is 0 Å². The summed E-state index contributed by atoms with van der Waals surface area (Å²) in [6.45, 7) is 4.95. The molecule has 2 rings (SSSR count). The van der Waals surface area contributed by atoms with Crippen LogP contribution in [0, 0.1) is 6.92 Å². The van der Waals surface area contributed by atoms with Gasteiger partial charge in [0.1, 0.15) is 12.1 Å². The Bertz CT molecular complexity index is 494. The number of aryl methyl sites for hydroxylation is 2. The second-order valence-corrected chi connectivity index (χ2v) is 4.02. The molecule has 2 aromatic rings. The van der Waals surface area contributed by atoms with E-state index in [1.165, 1.54) is 11.1 Å². The summed E-state index contributed by atoms with van der Waals surface area (Å²) >= 11 is 0. The van der Waals surface area contributed by atoms with Crippen molar-refractivity contribution in [3.8, 4) is 0 Å². The Hall–Kier alpha value is -1.90. The molecule has 3 nitrogen and oxygen atoms in total. The van der Waals surface area contributed by atoms with Crippen molar-refractivity contribution in [3.63, 3.8) is 0 Å². The molecule has 1 aromatic carbocycles. The Balaban J connectivity index is 2.07. The molecule has 88 valence electrons. The van der Waals surface area contributed by atoms with Crippen molar-refractivity contribution in [2.24, 2.45) is 0 Å². The highest BCUT2D eigenvalue weighted by Gasteiger charge is 2.00. The Morgan fingerprint density at radius 2 is 1.88 bits per heavy atom. The van der Waals surface area contributed by atoms with Crippen LogP contribution in [0.3, 0.4) is 0 Å². The maximum absolute atomic E-state index is 4.19. The summed E-state index contributed by atoms with van der Waals surface area (Å²) in [5, 5.41) is 3.33. The van der Waals surface area contributed by atoms with Crippen LogP contribution >= 0.6 is 0 Å². The molecule has 0 aliphatic carbocycles. The van der Waals surface area contributed by atoms with E-state index in [1.807, 2.05) is 13.0 Å². The van der Waals surface area contributed by atoms with Gasteiger partial charge in [0.25, 0.3) is 0 Å². The van der Waals surface area contributed by atoms with Gasteiger partial charge in [-0.25, -0.2) is 9.97 Å². The van der Waals surface area contributed by atoms with Crippen LogP contribution in [0.2, 0.25) is 0 Å². The van der Waals surface area contributed by atoms with Crippen LogP contribution < -0.4 is 5.32 Å². The van der Waals surface area contributed by atoms with E-state index < -0.39 is 0 Å². The quantitative estimate of drug-likeness (QED) is 0.872. The van der Waals surface area contributed by atoms with Gasteiger partial charge in [-0.05, 0) is 24.5 Å². The zero-order valence-corrected chi connectivity index (χ0v) is 10.3. The topological polar surface area (TPSA) is 37.8 Å². The number of nitrogens with zero attached hydrogens (tertiary/aromatic N) is 2. The Morgan fingerprint density at radius 1 is 1.12 bits per heavy atom. The lowest BCUT2D eigenvalue weighted by atomic mass is 10.1. The normalized spacial score (nSPS) is 10.2. The third-order valence-corrected chi connectivity index (χ3v) is 2.76. The van der Waals surface area contributed by atoms with E-state index in [0.29, 0.717) is 0 Å². The maximum atomic E-state index is 4.19. The number of hydrogen-bond donors (Lipinski definition) is 1. The number of benzene rings is 1. The van der Waals surface area contributed by atoms with Gasteiger partial charge in [-0.3, -0.25) is 0 Å². The van der Waals surface area contributed by atoms with Gasteiger partial charge in [0, 0.05) is 18.3 Å². The molecule has 3 heteroatoms. The van der Waals surface area contributed by atoms with Gasteiger partial charge in [0.15, 0.2) is 0 Å². The summed E-state index contributed by atoms with van der Waals surface area (Å²) in [4.78, 5) is 8.27. The molecular weight excluding hydrogens is 210 g/mol. The zero-order chi connectivity index (χ0) is 12.1. The summed E-state index contributed by atoms with van der Waals surface area (Å²) in [6, 6.07) is 10.4. The van der Waals surface area contributed by atoms with Gasteiger partial charge in [-0.1, -0.05) is 31.2 Å². The monoisotopic (exact) mass is 227 g/mol. The molecule has 0 fully saturated rings. The number of anilines is 1. The fourth-order valence-corrected chi connectivity index (χ4v) is 1.81. The van der Waals surface area contributed by atoms with Gasteiger partial charge in [0.05, 0.1) is 0 Å². The molecular formula is C14H17N3. The van der Waals surface area contributed by atoms with Gasteiger partial charge in [-0.15, -0.1) is 0 Å². The van der Waals surface area contributed by atoms with E-state index in [-0.39, 0.29) is 0 Å². The van der Waals surface area contributed by atoms with E-state index in [1.54, 1.807) is 6.33 Å². The molecule has 1 aromatic heterocycles. The zero-order valence-electron chi connectivity index (χ0n) is 10.3. The van der Waals surface area contributed by atoms with Crippen LogP contribution in [-0.2, 0) is 13.0 Å². The van der Waals surface area contributed by atoms with Gasteiger partial charge < -0.3 is 5.32 Å². The maximum Gasteiger partial charge on any atom is 0.129 e. The average molecular weight is 227 g/mol. The fourth-order valence-electron chi connectivity index (χ4n) is 1.81. The number of rotatable bonds is 4. The van der Waals surface area contributed by atoms with Crippen LogP contribution in [0.25, 0.3) is 0 Å². The molecule has 0 bridgehead atoms. The number of hydrogen-bond acceptors (Lipinski definition) is 3. The summed E-state index contributed by atoms with van der Waals surface area (Å²) in [5.41, 5.74) is 3.68. The number of nitrogens with one attached hydrogen (secondary N) is 1. The lowest BCUT2D eigenvalue weighted by molar-refractivity contribution is 1.02. The largest absolute Gasteiger partial charge is 0.366 e. The minimum absolute atomic E-state index is 0.806. The highest BCUT2D eigenvalue weighted by Crippen LogP contribution is 2.12. The lowest BCUT2D eigenvalue weighted by Crippen LogP contribution is -2.04. The van der Waals surface area contributed by atoms with Gasteiger partial charge in [0.2, 0.25) is 0 Å². The fraction of sp³-hybridized carbons (Fsp3) is 0.286. The molecule has 0 unspecified atom stereocenters. The first-order chi connectivity index (χ1) is 8.29. The smallest absolute Gasteiger partial charge is 0.129 e. The Labute approximate surface area is 102 Å². The Kier molecular flexibility index (Phi) is 3.70. The molecule has 0 saturated carbocycles. The summed E-state index contributed by atoms with van der Waals surface area (Å²) in [5.74, 6) is 0.878. The molecule has 1 N–H and O–H groups in total. The predicted octanol–water partition coefficient (Wildman–Crippen LogP) is 2.96. The van der Waals surface area contributed by atoms with Crippen LogP contribution in [0.4, 0.5) is 5.82 Å². The van der Waals surface area contributed by atoms with Gasteiger partial charge in [-0.2, -0.15) is 0 Å². The minimum atomic E-state index is 0.806. The van der Waals surface area contributed by atoms with E-state index in [4.69, 9.17) is 0 Å². The third-order valence-electron chi connectivity index (χ3n) is 2.76. The van der Waals surface area contributed by atoms with Crippen molar-refractivity contribution < 1.29 is 0 Å². The molecule has 0 aliphatic heterocycles. The number of aromatic nitrogens is 2. The predicted molar refractivity (Wildman–Crippen MR) is 69.9 cm³/mol. The first kappa shape index (κ1) is 11.6. The second kappa shape index (κ2) is 5.43. The molecule has 1 heterocycles. The SMILES string of the molecule is CCc1ccccc1CNc1cc(C)ncn1.